The monoisotopic (exact) mass is 419 g/mol. The molecule has 0 atom stereocenters. The maximum Gasteiger partial charge on any atom is 0.282 e. The molecule has 2 aromatic carbocycles. The van der Waals surface area contributed by atoms with Gasteiger partial charge in [-0.15, -0.1) is 6.42 Å². The molecule has 1 aliphatic rings. The molecule has 0 spiro atoms. The Hall–Kier alpha value is -3.10. The van der Waals surface area contributed by atoms with E-state index in [1.165, 1.54) is 11.1 Å². The van der Waals surface area contributed by atoms with Crippen molar-refractivity contribution in [1.29, 1.82) is 0 Å². The van der Waals surface area contributed by atoms with Gasteiger partial charge in [-0.2, -0.15) is 9.78 Å². The molecule has 1 aliphatic carbocycles. The standard InChI is InChI=1S/C24H22ClN3O2/c1-2-14-30-22-13-12-19(25)15-18(22)16-26-28-23(17-8-4-3-5-9-17)27-21-11-7-6-10-20(21)24(28)29/h1,6-7,10-13,15-17H,3-5,8-9,14H2. The summed E-state index contributed by atoms with van der Waals surface area (Å²) in [4.78, 5) is 18.1. The van der Waals surface area contributed by atoms with Crippen molar-refractivity contribution in [2.75, 3.05) is 6.61 Å². The zero-order valence-electron chi connectivity index (χ0n) is 16.6. The summed E-state index contributed by atoms with van der Waals surface area (Å²) in [7, 11) is 0. The number of rotatable bonds is 5. The molecule has 1 heterocycles. The largest absolute Gasteiger partial charge is 0.480 e. The molecule has 1 fully saturated rings. The fourth-order valence-corrected chi connectivity index (χ4v) is 4.05. The minimum absolute atomic E-state index is 0.132. The Kier molecular flexibility index (Phi) is 6.15. The molecule has 0 aliphatic heterocycles. The average molecular weight is 420 g/mol. The van der Waals surface area contributed by atoms with Gasteiger partial charge in [0.2, 0.25) is 0 Å². The SMILES string of the molecule is C#CCOc1ccc(Cl)cc1C=Nn1c(C2CCCCC2)nc2ccccc2c1=O. The third kappa shape index (κ3) is 4.24. The molecule has 0 amide bonds. The van der Waals surface area contributed by atoms with E-state index in [0.29, 0.717) is 33.1 Å². The molecule has 5 nitrogen and oxygen atoms in total. The molecule has 30 heavy (non-hydrogen) atoms. The lowest BCUT2D eigenvalue weighted by Gasteiger charge is -2.22. The van der Waals surface area contributed by atoms with Crippen molar-refractivity contribution >= 4 is 28.7 Å². The van der Waals surface area contributed by atoms with Crippen LogP contribution in [0.1, 0.15) is 49.4 Å². The van der Waals surface area contributed by atoms with Gasteiger partial charge in [-0.05, 0) is 43.2 Å². The zero-order chi connectivity index (χ0) is 20.9. The fraction of sp³-hybridized carbons (Fsp3) is 0.292. The van der Waals surface area contributed by atoms with Crippen LogP contribution in [0.15, 0.2) is 52.4 Å². The van der Waals surface area contributed by atoms with Crippen LogP contribution in [0.5, 0.6) is 5.75 Å². The van der Waals surface area contributed by atoms with Crippen molar-refractivity contribution in [2.24, 2.45) is 5.10 Å². The smallest absolute Gasteiger partial charge is 0.282 e. The third-order valence-corrected chi connectivity index (χ3v) is 5.58. The van der Waals surface area contributed by atoms with E-state index >= 15 is 0 Å². The lowest BCUT2D eigenvalue weighted by molar-refractivity contribution is 0.370. The van der Waals surface area contributed by atoms with Crippen LogP contribution in [-0.4, -0.2) is 22.5 Å². The van der Waals surface area contributed by atoms with Gasteiger partial charge in [0, 0.05) is 16.5 Å². The summed E-state index contributed by atoms with van der Waals surface area (Å²) >= 11 is 6.16. The van der Waals surface area contributed by atoms with Crippen molar-refractivity contribution < 1.29 is 4.74 Å². The first-order valence-corrected chi connectivity index (χ1v) is 10.5. The fourth-order valence-electron chi connectivity index (χ4n) is 3.87. The highest BCUT2D eigenvalue weighted by Gasteiger charge is 2.22. The number of nitrogens with zero attached hydrogens (tertiary/aromatic N) is 3. The second-order valence-corrected chi connectivity index (χ2v) is 7.79. The predicted molar refractivity (Wildman–Crippen MR) is 121 cm³/mol. The number of aromatic nitrogens is 2. The first-order valence-electron chi connectivity index (χ1n) is 10.1. The topological polar surface area (TPSA) is 56.5 Å². The molecule has 6 heteroatoms. The molecule has 0 N–H and O–H groups in total. The van der Waals surface area contributed by atoms with E-state index in [4.69, 9.17) is 27.7 Å². The number of hydrogen-bond donors (Lipinski definition) is 0. The number of ether oxygens (including phenoxy) is 1. The second kappa shape index (κ2) is 9.15. The van der Waals surface area contributed by atoms with E-state index in [0.717, 1.165) is 25.7 Å². The van der Waals surface area contributed by atoms with Crippen molar-refractivity contribution in [1.82, 2.24) is 9.66 Å². The Bertz CT molecular complexity index is 1190. The highest BCUT2D eigenvalue weighted by Crippen LogP contribution is 2.32. The molecule has 152 valence electrons. The summed E-state index contributed by atoms with van der Waals surface area (Å²) in [5, 5.41) is 5.63. The summed E-state index contributed by atoms with van der Waals surface area (Å²) in [6.07, 6.45) is 12.4. The highest BCUT2D eigenvalue weighted by atomic mass is 35.5. The molecule has 1 aromatic heterocycles. The minimum atomic E-state index is -0.175. The normalized spacial score (nSPS) is 14.8. The lowest BCUT2D eigenvalue weighted by atomic mass is 9.88. The van der Waals surface area contributed by atoms with Crippen molar-refractivity contribution in [3.63, 3.8) is 0 Å². The Balaban J connectivity index is 1.82. The van der Waals surface area contributed by atoms with E-state index in [9.17, 15) is 4.79 Å². The number of halogens is 1. The molecule has 0 saturated heterocycles. The van der Waals surface area contributed by atoms with Crippen LogP contribution in [0.25, 0.3) is 10.9 Å². The number of para-hydroxylation sites is 1. The first-order chi connectivity index (χ1) is 14.7. The quantitative estimate of drug-likeness (QED) is 0.432. The predicted octanol–water partition coefficient (Wildman–Crippen LogP) is 4.99. The van der Waals surface area contributed by atoms with E-state index in [2.05, 4.69) is 11.0 Å². The molecular formula is C24H22ClN3O2. The minimum Gasteiger partial charge on any atom is -0.480 e. The van der Waals surface area contributed by atoms with Crippen LogP contribution in [0.4, 0.5) is 0 Å². The van der Waals surface area contributed by atoms with Crippen LogP contribution in [0, 0.1) is 12.3 Å². The highest BCUT2D eigenvalue weighted by molar-refractivity contribution is 6.30. The van der Waals surface area contributed by atoms with Crippen molar-refractivity contribution in [3.8, 4) is 18.1 Å². The number of hydrogen-bond acceptors (Lipinski definition) is 4. The van der Waals surface area contributed by atoms with Gasteiger partial charge < -0.3 is 4.74 Å². The maximum atomic E-state index is 13.3. The van der Waals surface area contributed by atoms with Gasteiger partial charge in [0.1, 0.15) is 18.2 Å². The molecule has 3 aromatic rings. The van der Waals surface area contributed by atoms with Gasteiger partial charge in [0.15, 0.2) is 0 Å². The Labute approximate surface area is 180 Å². The van der Waals surface area contributed by atoms with Gasteiger partial charge in [-0.3, -0.25) is 4.79 Å². The maximum absolute atomic E-state index is 13.3. The van der Waals surface area contributed by atoms with Gasteiger partial charge in [-0.1, -0.05) is 48.9 Å². The van der Waals surface area contributed by atoms with Crippen LogP contribution in [0.2, 0.25) is 5.02 Å². The second-order valence-electron chi connectivity index (χ2n) is 7.36. The van der Waals surface area contributed by atoms with E-state index < -0.39 is 0 Å². The van der Waals surface area contributed by atoms with Gasteiger partial charge >= 0.3 is 0 Å². The third-order valence-electron chi connectivity index (χ3n) is 5.34. The van der Waals surface area contributed by atoms with E-state index in [1.807, 2.05) is 18.2 Å². The first kappa shape index (κ1) is 20.2. The van der Waals surface area contributed by atoms with Crippen molar-refractivity contribution in [3.05, 3.63) is 69.2 Å². The number of terminal acetylenes is 1. The molecule has 0 bridgehead atoms. The lowest BCUT2D eigenvalue weighted by Crippen LogP contribution is -2.25. The van der Waals surface area contributed by atoms with Crippen LogP contribution >= 0.6 is 11.6 Å². The van der Waals surface area contributed by atoms with Gasteiger partial charge in [0.05, 0.1) is 17.1 Å². The van der Waals surface area contributed by atoms with Crippen LogP contribution in [0.3, 0.4) is 0 Å². The summed E-state index contributed by atoms with van der Waals surface area (Å²) in [5.41, 5.74) is 1.17. The zero-order valence-corrected chi connectivity index (χ0v) is 17.3. The average Bonchev–Trinajstić information content (AvgIpc) is 2.78. The van der Waals surface area contributed by atoms with Crippen LogP contribution < -0.4 is 10.3 Å². The van der Waals surface area contributed by atoms with Crippen molar-refractivity contribution in [2.45, 2.75) is 38.0 Å². The summed E-state index contributed by atoms with van der Waals surface area (Å²) < 4.78 is 7.02. The Morgan fingerprint density at radius 1 is 1.23 bits per heavy atom. The number of benzene rings is 2. The molecule has 0 unspecified atom stereocenters. The van der Waals surface area contributed by atoms with Crippen LogP contribution in [-0.2, 0) is 0 Å². The van der Waals surface area contributed by atoms with Gasteiger partial charge in [-0.25, -0.2) is 4.98 Å². The molecule has 4 rings (SSSR count). The summed E-state index contributed by atoms with van der Waals surface area (Å²) in [5.74, 6) is 3.93. The summed E-state index contributed by atoms with van der Waals surface area (Å²) in [6.45, 7) is 0.132. The molecule has 0 radical (unpaired) electrons. The Morgan fingerprint density at radius 3 is 2.83 bits per heavy atom. The Morgan fingerprint density at radius 2 is 2.03 bits per heavy atom. The number of fused-ring (bicyclic) bond motifs is 1. The molecule has 1 saturated carbocycles. The molecular weight excluding hydrogens is 398 g/mol. The van der Waals surface area contributed by atoms with E-state index in [-0.39, 0.29) is 18.1 Å². The van der Waals surface area contributed by atoms with Gasteiger partial charge in [0.25, 0.3) is 5.56 Å². The van der Waals surface area contributed by atoms with E-state index in [1.54, 1.807) is 30.5 Å². The summed E-state index contributed by atoms with van der Waals surface area (Å²) in [6, 6.07) is 12.6.